The van der Waals surface area contributed by atoms with Crippen LogP contribution in [0, 0.1) is 35.5 Å². The molecule has 0 aliphatic heterocycles. The summed E-state index contributed by atoms with van der Waals surface area (Å²) < 4.78 is 0. The minimum atomic E-state index is 0.481. The van der Waals surface area contributed by atoms with E-state index in [0.29, 0.717) is 11.7 Å². The van der Waals surface area contributed by atoms with Crippen LogP contribution in [0.1, 0.15) is 19.3 Å². The second-order valence-corrected chi connectivity index (χ2v) is 5.38. The first kappa shape index (κ1) is 6.80. The average molecular weight is 174 g/mol. The van der Waals surface area contributed by atoms with Gasteiger partial charge in [-0.15, -0.1) is 0 Å². The summed E-state index contributed by atoms with van der Waals surface area (Å²) in [7, 11) is 0. The summed E-state index contributed by atoms with van der Waals surface area (Å²) in [5, 5.41) is 0. The van der Waals surface area contributed by atoms with Crippen molar-refractivity contribution in [2.75, 3.05) is 0 Å². The Morgan fingerprint density at radius 2 is 1.85 bits per heavy atom. The molecule has 0 amide bonds. The molecule has 4 rings (SSSR count). The van der Waals surface area contributed by atoms with E-state index in [1.54, 1.807) is 0 Å². The maximum absolute atomic E-state index is 11.6. The Bertz CT molecular complexity index is 317. The molecule has 3 fully saturated rings. The fraction of sp³-hybridized carbons (Fsp3) is 0.750. The van der Waals surface area contributed by atoms with Crippen molar-refractivity contribution in [3.8, 4) is 0 Å². The molecule has 0 spiro atoms. The molecule has 68 valence electrons. The molecule has 0 N–H and O–H groups in total. The summed E-state index contributed by atoms with van der Waals surface area (Å²) in [6, 6.07) is 0. The second-order valence-electron chi connectivity index (χ2n) is 5.38. The highest BCUT2D eigenvalue weighted by Gasteiger charge is 2.60. The largest absolute Gasteiger partial charge is 0.299 e. The lowest BCUT2D eigenvalue weighted by Crippen LogP contribution is -2.30. The molecule has 3 saturated carbocycles. The standard InChI is InChI=1S/C12H14O/c13-10-5-8-4-9(10)12-7-2-1-6(3-7)11(8)12/h1-2,6-9,11-12H,3-5H2/t6-,7+,8+,9-,11+,12-/m1/s1. The fourth-order valence-corrected chi connectivity index (χ4v) is 4.74. The number of hydrogen-bond acceptors (Lipinski definition) is 1. The molecule has 6 atom stereocenters. The Labute approximate surface area is 78.2 Å². The fourth-order valence-electron chi connectivity index (χ4n) is 4.74. The van der Waals surface area contributed by atoms with Crippen molar-refractivity contribution in [2.24, 2.45) is 35.5 Å². The third-order valence-electron chi connectivity index (χ3n) is 5.03. The Balaban J connectivity index is 1.82. The maximum Gasteiger partial charge on any atom is 0.136 e. The molecule has 0 aromatic carbocycles. The highest BCUT2D eigenvalue weighted by Crippen LogP contribution is 2.64. The van der Waals surface area contributed by atoms with Crippen LogP contribution in [0.25, 0.3) is 0 Å². The topological polar surface area (TPSA) is 17.1 Å². The van der Waals surface area contributed by atoms with E-state index < -0.39 is 0 Å². The van der Waals surface area contributed by atoms with Crippen molar-refractivity contribution in [1.82, 2.24) is 0 Å². The molecule has 13 heavy (non-hydrogen) atoms. The van der Waals surface area contributed by atoms with E-state index in [-0.39, 0.29) is 0 Å². The van der Waals surface area contributed by atoms with Crippen molar-refractivity contribution < 1.29 is 4.79 Å². The van der Waals surface area contributed by atoms with Crippen LogP contribution in [0.5, 0.6) is 0 Å². The van der Waals surface area contributed by atoms with Gasteiger partial charge in [-0.3, -0.25) is 4.79 Å². The summed E-state index contributed by atoms with van der Waals surface area (Å²) >= 11 is 0. The van der Waals surface area contributed by atoms with Crippen LogP contribution in [-0.2, 0) is 4.79 Å². The number of hydrogen-bond donors (Lipinski definition) is 0. The van der Waals surface area contributed by atoms with E-state index in [4.69, 9.17) is 0 Å². The van der Waals surface area contributed by atoms with Gasteiger partial charge in [0.15, 0.2) is 0 Å². The highest BCUT2D eigenvalue weighted by molar-refractivity contribution is 5.85. The van der Waals surface area contributed by atoms with E-state index in [1.807, 2.05) is 0 Å². The maximum atomic E-state index is 11.6. The predicted octanol–water partition coefficient (Wildman–Crippen LogP) is 2.03. The number of carbonyl (C=O) groups excluding carboxylic acids is 1. The van der Waals surface area contributed by atoms with Crippen molar-refractivity contribution in [1.29, 1.82) is 0 Å². The SMILES string of the molecule is O=C1C[C@@H]2C[C@H]1[C@@H]1[C@H]2[C@@H]2C=C[C@H]1C2. The number of fused-ring (bicyclic) bond motifs is 9. The Kier molecular flexibility index (Phi) is 1.00. The quantitative estimate of drug-likeness (QED) is 0.405. The summed E-state index contributed by atoms with van der Waals surface area (Å²) in [5.41, 5.74) is 0. The minimum absolute atomic E-state index is 0.481. The third-order valence-corrected chi connectivity index (χ3v) is 5.03. The van der Waals surface area contributed by atoms with Crippen LogP contribution in [0.3, 0.4) is 0 Å². The molecule has 0 radical (unpaired) electrons. The summed E-state index contributed by atoms with van der Waals surface area (Å²) in [6.07, 6.45) is 8.35. The molecule has 4 aliphatic rings. The van der Waals surface area contributed by atoms with Gasteiger partial charge in [-0.2, -0.15) is 0 Å². The van der Waals surface area contributed by atoms with Crippen molar-refractivity contribution in [2.45, 2.75) is 19.3 Å². The monoisotopic (exact) mass is 174 g/mol. The molecule has 4 bridgehead atoms. The van der Waals surface area contributed by atoms with Gasteiger partial charge in [0.25, 0.3) is 0 Å². The molecule has 4 aliphatic carbocycles. The number of allylic oxidation sites excluding steroid dienone is 2. The number of carbonyl (C=O) groups is 1. The summed E-state index contributed by atoms with van der Waals surface area (Å²) in [4.78, 5) is 11.6. The van der Waals surface area contributed by atoms with Gasteiger partial charge < -0.3 is 0 Å². The lowest BCUT2D eigenvalue weighted by molar-refractivity contribution is -0.124. The van der Waals surface area contributed by atoms with Crippen LogP contribution in [0.2, 0.25) is 0 Å². The Morgan fingerprint density at radius 1 is 1.08 bits per heavy atom. The summed E-state index contributed by atoms with van der Waals surface area (Å²) in [6.45, 7) is 0. The van der Waals surface area contributed by atoms with Gasteiger partial charge in [-0.1, -0.05) is 12.2 Å². The first-order chi connectivity index (χ1) is 6.34. The molecule has 0 heterocycles. The van der Waals surface area contributed by atoms with E-state index in [0.717, 1.165) is 36.0 Å². The van der Waals surface area contributed by atoms with Crippen LogP contribution in [-0.4, -0.2) is 5.78 Å². The van der Waals surface area contributed by atoms with Gasteiger partial charge in [0.2, 0.25) is 0 Å². The first-order valence-corrected chi connectivity index (χ1v) is 5.55. The molecule has 0 saturated heterocycles. The Morgan fingerprint density at radius 3 is 2.69 bits per heavy atom. The van der Waals surface area contributed by atoms with Crippen LogP contribution in [0.4, 0.5) is 0 Å². The number of Topliss-reactive ketones (excluding diaryl/α,β-unsaturated/α-hetero) is 1. The number of ketones is 1. The van der Waals surface area contributed by atoms with Crippen molar-refractivity contribution in [3.63, 3.8) is 0 Å². The molecule has 0 unspecified atom stereocenters. The van der Waals surface area contributed by atoms with Gasteiger partial charge in [-0.25, -0.2) is 0 Å². The van der Waals surface area contributed by atoms with E-state index >= 15 is 0 Å². The average Bonchev–Trinajstić information content (AvgIpc) is 2.78. The van der Waals surface area contributed by atoms with Crippen LogP contribution in [0.15, 0.2) is 12.2 Å². The van der Waals surface area contributed by atoms with Crippen LogP contribution >= 0.6 is 0 Å². The molecule has 1 nitrogen and oxygen atoms in total. The predicted molar refractivity (Wildman–Crippen MR) is 48.9 cm³/mol. The molecular weight excluding hydrogens is 160 g/mol. The van der Waals surface area contributed by atoms with E-state index in [1.165, 1.54) is 12.8 Å². The lowest BCUT2D eigenvalue weighted by atomic mass is 9.73. The first-order valence-electron chi connectivity index (χ1n) is 5.55. The van der Waals surface area contributed by atoms with Crippen molar-refractivity contribution in [3.05, 3.63) is 12.2 Å². The normalized spacial score (nSPS) is 60.8. The van der Waals surface area contributed by atoms with Gasteiger partial charge in [0, 0.05) is 12.3 Å². The van der Waals surface area contributed by atoms with E-state index in [9.17, 15) is 4.79 Å². The second kappa shape index (κ2) is 1.92. The van der Waals surface area contributed by atoms with Gasteiger partial charge >= 0.3 is 0 Å². The number of rotatable bonds is 0. The Hall–Kier alpha value is -0.590. The molecule has 0 aromatic rings. The van der Waals surface area contributed by atoms with Crippen molar-refractivity contribution >= 4 is 5.78 Å². The van der Waals surface area contributed by atoms with Gasteiger partial charge in [-0.05, 0) is 42.4 Å². The summed E-state index contributed by atoms with van der Waals surface area (Å²) in [5.74, 6) is 5.19. The third kappa shape index (κ3) is 0.619. The minimum Gasteiger partial charge on any atom is -0.299 e. The van der Waals surface area contributed by atoms with Gasteiger partial charge in [0.1, 0.15) is 5.78 Å². The highest BCUT2D eigenvalue weighted by atomic mass is 16.1. The zero-order valence-corrected chi connectivity index (χ0v) is 7.65. The zero-order chi connectivity index (χ0) is 8.58. The molecular formula is C12H14O. The smallest absolute Gasteiger partial charge is 0.136 e. The zero-order valence-electron chi connectivity index (χ0n) is 7.65. The van der Waals surface area contributed by atoms with Gasteiger partial charge in [0.05, 0.1) is 0 Å². The van der Waals surface area contributed by atoms with E-state index in [2.05, 4.69) is 12.2 Å². The lowest BCUT2D eigenvalue weighted by Gasteiger charge is -2.30. The molecule has 0 aromatic heterocycles. The molecule has 1 heteroatoms. The van der Waals surface area contributed by atoms with Crippen LogP contribution < -0.4 is 0 Å².